The highest BCUT2D eigenvalue weighted by Gasteiger charge is 2.29. The minimum absolute atomic E-state index is 0.0139. The second kappa shape index (κ2) is 9.25. The fourth-order valence-electron chi connectivity index (χ4n) is 2.91. The summed E-state index contributed by atoms with van der Waals surface area (Å²) in [7, 11) is 3.97. The van der Waals surface area contributed by atoms with Crippen molar-refractivity contribution in [1.29, 1.82) is 0 Å². The molecule has 0 bridgehead atoms. The molecule has 1 N–H and O–H groups in total. The molecule has 1 aromatic rings. The molecule has 1 aromatic carbocycles. The molecule has 0 fully saturated rings. The maximum Gasteiger partial charge on any atom is 0.228 e. The van der Waals surface area contributed by atoms with E-state index in [1.54, 1.807) is 0 Å². The van der Waals surface area contributed by atoms with Crippen molar-refractivity contribution in [2.75, 3.05) is 24.3 Å². The molecule has 0 saturated heterocycles. The van der Waals surface area contributed by atoms with Gasteiger partial charge in [-0.15, -0.1) is 0 Å². The second-order valence-corrected chi connectivity index (χ2v) is 9.16. The van der Waals surface area contributed by atoms with Crippen LogP contribution >= 0.6 is 0 Å². The molecule has 27 heavy (non-hydrogen) atoms. The third kappa shape index (κ3) is 6.89. The summed E-state index contributed by atoms with van der Waals surface area (Å²) >= 11 is 0. The van der Waals surface area contributed by atoms with Gasteiger partial charge < -0.3 is 15.1 Å². The van der Waals surface area contributed by atoms with Crippen LogP contribution in [0.2, 0.25) is 0 Å². The van der Waals surface area contributed by atoms with Gasteiger partial charge in [-0.05, 0) is 43.5 Å². The summed E-state index contributed by atoms with van der Waals surface area (Å²) < 4.78 is 0. The number of amides is 2. The Morgan fingerprint density at radius 3 is 2.11 bits per heavy atom. The van der Waals surface area contributed by atoms with Gasteiger partial charge in [0.15, 0.2) is 0 Å². The lowest BCUT2D eigenvalue weighted by Crippen LogP contribution is -2.43. The quantitative estimate of drug-likeness (QED) is 0.762. The molecule has 1 rings (SSSR count). The molecule has 0 heterocycles. The van der Waals surface area contributed by atoms with Gasteiger partial charge in [0, 0.05) is 49.9 Å². The normalized spacial score (nSPS) is 11.7. The fourth-order valence-corrected chi connectivity index (χ4v) is 2.91. The molecule has 0 aliphatic rings. The molecule has 0 unspecified atom stereocenters. The molecule has 5 heteroatoms. The number of hydrogen-bond donors (Lipinski definition) is 1. The van der Waals surface area contributed by atoms with Crippen LogP contribution in [0.1, 0.15) is 60.5 Å². The van der Waals surface area contributed by atoms with Gasteiger partial charge in [-0.25, -0.2) is 0 Å². The molecule has 0 aromatic heterocycles. The second-order valence-electron chi connectivity index (χ2n) is 9.16. The lowest BCUT2D eigenvalue weighted by Gasteiger charge is -2.34. The van der Waals surface area contributed by atoms with Crippen molar-refractivity contribution < 1.29 is 9.59 Å². The summed E-state index contributed by atoms with van der Waals surface area (Å²) in [5.74, 6) is 0.447. The summed E-state index contributed by atoms with van der Waals surface area (Å²) in [4.78, 5) is 29.0. The van der Waals surface area contributed by atoms with Crippen LogP contribution in [0, 0.1) is 11.3 Å². The third-order valence-electron chi connectivity index (χ3n) is 4.31. The predicted molar refractivity (Wildman–Crippen MR) is 114 cm³/mol. The molecular weight excluding hydrogens is 338 g/mol. The van der Waals surface area contributed by atoms with Gasteiger partial charge in [-0.1, -0.05) is 34.6 Å². The van der Waals surface area contributed by atoms with E-state index < -0.39 is 5.41 Å². The Balaban J connectivity index is 3.19. The summed E-state index contributed by atoms with van der Waals surface area (Å²) in [5.41, 5.74) is 2.40. The van der Waals surface area contributed by atoms with Crippen molar-refractivity contribution >= 4 is 23.2 Å². The van der Waals surface area contributed by atoms with Gasteiger partial charge in [0.25, 0.3) is 0 Å². The van der Waals surface area contributed by atoms with Crippen LogP contribution < -0.4 is 10.2 Å². The number of rotatable bonds is 7. The zero-order valence-corrected chi connectivity index (χ0v) is 18.5. The van der Waals surface area contributed by atoms with Gasteiger partial charge in [0.1, 0.15) is 0 Å². The molecule has 0 aliphatic heterocycles. The highest BCUT2D eigenvalue weighted by atomic mass is 16.2. The Bertz CT molecular complexity index is 658. The number of nitrogens with one attached hydrogen (secondary N) is 1. The Kier molecular flexibility index (Phi) is 7.88. The van der Waals surface area contributed by atoms with Crippen LogP contribution in [0.4, 0.5) is 11.4 Å². The molecule has 0 radical (unpaired) electrons. The number of carbonyl (C=O) groups is 2. The Hall–Kier alpha value is -2.04. The van der Waals surface area contributed by atoms with E-state index in [9.17, 15) is 9.59 Å². The maximum absolute atomic E-state index is 12.9. The Labute approximate surface area is 165 Å². The van der Waals surface area contributed by atoms with Gasteiger partial charge in [-0.2, -0.15) is 0 Å². The van der Waals surface area contributed by atoms with Crippen molar-refractivity contribution in [3.05, 3.63) is 23.8 Å². The van der Waals surface area contributed by atoms with E-state index in [1.165, 1.54) is 0 Å². The zero-order chi connectivity index (χ0) is 20.9. The first-order valence-electron chi connectivity index (χ1n) is 9.74. The predicted octanol–water partition coefficient (Wildman–Crippen LogP) is 4.52. The first-order valence-corrected chi connectivity index (χ1v) is 9.74. The van der Waals surface area contributed by atoms with Crippen LogP contribution in [0.3, 0.4) is 0 Å². The van der Waals surface area contributed by atoms with Gasteiger partial charge in [0.05, 0.1) is 0 Å². The number of nitrogens with zero attached hydrogens (tertiary/aromatic N) is 2. The number of carbonyl (C=O) groups excluding carboxylic acids is 2. The van der Waals surface area contributed by atoms with E-state index in [-0.39, 0.29) is 17.9 Å². The van der Waals surface area contributed by atoms with Crippen LogP contribution in [-0.4, -0.2) is 36.9 Å². The SMILES string of the molecule is CC(C)CC(=O)Nc1ccc(N(C)C)c(CN(C(=O)C(C)(C)C)C(C)C)c1. The first kappa shape index (κ1) is 23.0. The molecule has 0 spiro atoms. The number of anilines is 2. The smallest absolute Gasteiger partial charge is 0.228 e. The van der Waals surface area contributed by atoms with Crippen LogP contribution in [0.5, 0.6) is 0 Å². The standard InChI is InChI=1S/C22H37N3O2/c1-15(2)12-20(26)23-18-10-11-19(24(8)9)17(13-18)14-25(16(3)4)21(27)22(5,6)7/h10-11,13,15-16H,12,14H2,1-9H3,(H,23,26). The Morgan fingerprint density at radius 2 is 1.67 bits per heavy atom. The van der Waals surface area contributed by atoms with Gasteiger partial charge >= 0.3 is 0 Å². The van der Waals surface area contributed by atoms with Crippen molar-refractivity contribution in [2.45, 2.75) is 67.5 Å². The highest BCUT2D eigenvalue weighted by Crippen LogP contribution is 2.28. The summed E-state index contributed by atoms with van der Waals surface area (Å²) in [5, 5.41) is 2.98. The van der Waals surface area contributed by atoms with Crippen LogP contribution in [0.15, 0.2) is 18.2 Å². The monoisotopic (exact) mass is 375 g/mol. The van der Waals surface area contributed by atoms with E-state index in [2.05, 4.69) is 5.32 Å². The molecular formula is C22H37N3O2. The van der Waals surface area contributed by atoms with Crippen LogP contribution in [-0.2, 0) is 16.1 Å². The lowest BCUT2D eigenvalue weighted by molar-refractivity contribution is -0.142. The average Bonchev–Trinajstić information content (AvgIpc) is 2.49. The van der Waals surface area contributed by atoms with E-state index in [0.29, 0.717) is 18.9 Å². The highest BCUT2D eigenvalue weighted by molar-refractivity contribution is 5.91. The Morgan fingerprint density at radius 1 is 1.07 bits per heavy atom. The topological polar surface area (TPSA) is 52.7 Å². The molecule has 5 nitrogen and oxygen atoms in total. The van der Waals surface area contributed by atoms with Crippen molar-refractivity contribution in [3.63, 3.8) is 0 Å². The molecule has 2 amide bonds. The van der Waals surface area contributed by atoms with E-state index in [4.69, 9.17) is 0 Å². The number of benzene rings is 1. The van der Waals surface area contributed by atoms with Crippen LogP contribution in [0.25, 0.3) is 0 Å². The lowest BCUT2D eigenvalue weighted by atomic mass is 9.93. The van der Waals surface area contributed by atoms with E-state index in [0.717, 1.165) is 16.9 Å². The minimum Gasteiger partial charge on any atom is -0.377 e. The van der Waals surface area contributed by atoms with Gasteiger partial charge in [-0.3, -0.25) is 9.59 Å². The van der Waals surface area contributed by atoms with E-state index >= 15 is 0 Å². The van der Waals surface area contributed by atoms with E-state index in [1.807, 2.05) is 90.6 Å². The van der Waals surface area contributed by atoms with Crippen molar-refractivity contribution in [3.8, 4) is 0 Å². The number of hydrogen-bond acceptors (Lipinski definition) is 3. The summed E-state index contributed by atoms with van der Waals surface area (Å²) in [6, 6.07) is 5.99. The first-order chi connectivity index (χ1) is 12.3. The minimum atomic E-state index is -0.439. The summed E-state index contributed by atoms with van der Waals surface area (Å²) in [6.07, 6.45) is 0.491. The third-order valence-corrected chi connectivity index (χ3v) is 4.31. The van der Waals surface area contributed by atoms with Crippen molar-refractivity contribution in [1.82, 2.24) is 4.90 Å². The van der Waals surface area contributed by atoms with Crippen molar-refractivity contribution in [2.24, 2.45) is 11.3 Å². The molecule has 0 aliphatic carbocycles. The summed E-state index contributed by atoms with van der Waals surface area (Å²) in [6.45, 7) is 14.5. The zero-order valence-electron chi connectivity index (χ0n) is 18.5. The molecule has 0 saturated carbocycles. The fraction of sp³-hybridized carbons (Fsp3) is 0.636. The largest absolute Gasteiger partial charge is 0.377 e. The molecule has 152 valence electrons. The van der Waals surface area contributed by atoms with Gasteiger partial charge in [0.2, 0.25) is 11.8 Å². The molecule has 0 atom stereocenters. The average molecular weight is 376 g/mol. The maximum atomic E-state index is 12.9.